The highest BCUT2D eigenvalue weighted by molar-refractivity contribution is 6.32. The lowest BCUT2D eigenvalue weighted by molar-refractivity contribution is -0.120. The van der Waals surface area contributed by atoms with E-state index in [0.717, 1.165) is 12.8 Å². The predicted octanol–water partition coefficient (Wildman–Crippen LogP) is 4.98. The molecular weight excluding hydrogens is 380 g/mol. The molecule has 7 heteroatoms. The molecule has 2 amide bonds. The van der Waals surface area contributed by atoms with Gasteiger partial charge >= 0.3 is 0 Å². The van der Waals surface area contributed by atoms with Crippen molar-refractivity contribution in [1.82, 2.24) is 0 Å². The van der Waals surface area contributed by atoms with Gasteiger partial charge in [-0.15, -0.1) is 0 Å². The van der Waals surface area contributed by atoms with E-state index in [1.165, 1.54) is 14.2 Å². The molecule has 150 valence electrons. The fourth-order valence-corrected chi connectivity index (χ4v) is 3.03. The average Bonchev–Trinajstić information content (AvgIpc) is 2.70. The molecular formula is C21H25ClN2O4. The number of ether oxygens (including phenoxy) is 2. The molecule has 0 radical (unpaired) electrons. The second kappa shape index (κ2) is 9.99. The maximum Gasteiger partial charge on any atom is 0.255 e. The quantitative estimate of drug-likeness (QED) is 0.650. The third kappa shape index (κ3) is 5.16. The van der Waals surface area contributed by atoms with Crippen molar-refractivity contribution in [3.63, 3.8) is 0 Å². The molecule has 0 bridgehead atoms. The molecule has 0 heterocycles. The van der Waals surface area contributed by atoms with Crippen LogP contribution in [0.5, 0.6) is 11.5 Å². The number of rotatable bonds is 8. The number of halogens is 1. The molecule has 6 nitrogen and oxygen atoms in total. The summed E-state index contributed by atoms with van der Waals surface area (Å²) in [4.78, 5) is 25.0. The number of carbonyl (C=O) groups is 2. The topological polar surface area (TPSA) is 76.7 Å². The Kier molecular flexibility index (Phi) is 7.70. The van der Waals surface area contributed by atoms with E-state index in [1.54, 1.807) is 36.4 Å². The van der Waals surface area contributed by atoms with Gasteiger partial charge in [-0.05, 0) is 31.0 Å². The summed E-state index contributed by atoms with van der Waals surface area (Å²) in [7, 11) is 2.98. The van der Waals surface area contributed by atoms with E-state index in [0.29, 0.717) is 33.5 Å². The minimum absolute atomic E-state index is 0.0494. The lowest BCUT2D eigenvalue weighted by Gasteiger charge is -2.15. The molecule has 0 aliphatic rings. The van der Waals surface area contributed by atoms with E-state index >= 15 is 0 Å². The van der Waals surface area contributed by atoms with Gasteiger partial charge in [0.05, 0.1) is 24.9 Å². The first-order valence-electron chi connectivity index (χ1n) is 9.07. The molecule has 0 saturated heterocycles. The van der Waals surface area contributed by atoms with Crippen molar-refractivity contribution < 1.29 is 19.1 Å². The van der Waals surface area contributed by atoms with Crippen molar-refractivity contribution in [2.45, 2.75) is 26.7 Å². The highest BCUT2D eigenvalue weighted by Gasteiger charge is 2.16. The van der Waals surface area contributed by atoms with E-state index in [-0.39, 0.29) is 17.7 Å². The zero-order valence-corrected chi connectivity index (χ0v) is 17.2. The third-order valence-electron chi connectivity index (χ3n) is 4.47. The summed E-state index contributed by atoms with van der Waals surface area (Å²) >= 11 is 6.09. The van der Waals surface area contributed by atoms with Crippen molar-refractivity contribution in [3.05, 3.63) is 47.0 Å². The summed E-state index contributed by atoms with van der Waals surface area (Å²) in [5.41, 5.74) is 1.41. The molecule has 0 spiro atoms. The van der Waals surface area contributed by atoms with Crippen molar-refractivity contribution in [3.8, 4) is 11.5 Å². The number of carbonyl (C=O) groups excluding carboxylic acids is 2. The Morgan fingerprint density at radius 3 is 2.29 bits per heavy atom. The molecule has 2 aromatic carbocycles. The van der Waals surface area contributed by atoms with Crippen LogP contribution in [0.3, 0.4) is 0 Å². The Bertz CT molecular complexity index is 850. The Hall–Kier alpha value is -2.73. The summed E-state index contributed by atoms with van der Waals surface area (Å²) in [6, 6.07) is 9.94. The van der Waals surface area contributed by atoms with Gasteiger partial charge in [0.25, 0.3) is 5.91 Å². The number of hydrogen-bond donors (Lipinski definition) is 2. The first-order valence-corrected chi connectivity index (χ1v) is 9.45. The average molecular weight is 405 g/mol. The molecule has 2 rings (SSSR count). The van der Waals surface area contributed by atoms with Crippen LogP contribution in [0.15, 0.2) is 36.4 Å². The van der Waals surface area contributed by atoms with Crippen molar-refractivity contribution in [1.29, 1.82) is 0 Å². The van der Waals surface area contributed by atoms with E-state index in [2.05, 4.69) is 10.6 Å². The van der Waals surface area contributed by atoms with Crippen LogP contribution in [-0.4, -0.2) is 26.0 Å². The molecule has 0 atom stereocenters. The van der Waals surface area contributed by atoms with Gasteiger partial charge < -0.3 is 20.1 Å². The first-order chi connectivity index (χ1) is 13.4. The van der Waals surface area contributed by atoms with Gasteiger partial charge in [0.2, 0.25) is 5.91 Å². The Morgan fingerprint density at radius 1 is 1.00 bits per heavy atom. The number of nitrogens with one attached hydrogen (secondary N) is 2. The van der Waals surface area contributed by atoms with Gasteiger partial charge in [0.15, 0.2) is 0 Å². The van der Waals surface area contributed by atoms with Gasteiger partial charge in [-0.2, -0.15) is 0 Å². The summed E-state index contributed by atoms with van der Waals surface area (Å²) < 4.78 is 10.5. The van der Waals surface area contributed by atoms with Crippen LogP contribution in [0, 0.1) is 5.92 Å². The predicted molar refractivity (Wildman–Crippen MR) is 112 cm³/mol. The van der Waals surface area contributed by atoms with Crippen LogP contribution in [-0.2, 0) is 4.79 Å². The van der Waals surface area contributed by atoms with E-state index in [9.17, 15) is 9.59 Å². The van der Waals surface area contributed by atoms with Crippen LogP contribution in [0.2, 0.25) is 5.02 Å². The van der Waals surface area contributed by atoms with E-state index < -0.39 is 0 Å². The first kappa shape index (κ1) is 21.6. The second-order valence-electron chi connectivity index (χ2n) is 6.22. The molecule has 0 fully saturated rings. The van der Waals surface area contributed by atoms with Crippen molar-refractivity contribution >= 4 is 34.8 Å². The fraction of sp³-hybridized carbons (Fsp3) is 0.333. The number of hydrogen-bond acceptors (Lipinski definition) is 4. The number of benzene rings is 2. The van der Waals surface area contributed by atoms with Gasteiger partial charge in [-0.3, -0.25) is 9.59 Å². The van der Waals surface area contributed by atoms with Gasteiger partial charge in [-0.25, -0.2) is 0 Å². The largest absolute Gasteiger partial charge is 0.495 e. The maximum atomic E-state index is 12.7. The number of amides is 2. The fourth-order valence-electron chi connectivity index (χ4n) is 2.79. The minimum atomic E-state index is -0.346. The number of anilines is 2. The molecule has 0 saturated carbocycles. The molecule has 0 aliphatic heterocycles. The summed E-state index contributed by atoms with van der Waals surface area (Å²) in [5.74, 6) is 0.387. The molecule has 2 N–H and O–H groups in total. The van der Waals surface area contributed by atoms with Crippen molar-refractivity contribution in [2.24, 2.45) is 5.92 Å². The summed E-state index contributed by atoms with van der Waals surface area (Å²) in [5, 5.41) is 6.04. The second-order valence-corrected chi connectivity index (χ2v) is 6.63. The minimum Gasteiger partial charge on any atom is -0.495 e. The Labute approximate surface area is 170 Å². The van der Waals surface area contributed by atoms with E-state index in [4.69, 9.17) is 21.1 Å². The number of methoxy groups -OCH3 is 2. The molecule has 28 heavy (non-hydrogen) atoms. The summed E-state index contributed by atoms with van der Waals surface area (Å²) in [6.45, 7) is 3.96. The SMILES string of the molecule is CCC(CC)C(=O)Nc1cccc(C(=O)Nc2cc(OC)c(Cl)cc2OC)c1. The molecule has 2 aromatic rings. The highest BCUT2D eigenvalue weighted by atomic mass is 35.5. The standard InChI is InChI=1S/C21H25ClN2O4/c1-5-13(6-2)20(25)23-15-9-7-8-14(10-15)21(26)24-17-12-18(27-3)16(22)11-19(17)28-4/h7-13H,5-6H2,1-4H3,(H,23,25)(H,24,26). The van der Waals surface area contributed by atoms with Crippen LogP contribution < -0.4 is 20.1 Å². The lowest BCUT2D eigenvalue weighted by atomic mass is 10.0. The lowest BCUT2D eigenvalue weighted by Crippen LogP contribution is -2.22. The van der Waals surface area contributed by atoms with Gasteiger partial charge in [0.1, 0.15) is 11.5 Å². The zero-order valence-electron chi connectivity index (χ0n) is 16.5. The maximum absolute atomic E-state index is 12.7. The summed E-state index contributed by atoms with van der Waals surface area (Å²) in [6.07, 6.45) is 1.53. The monoisotopic (exact) mass is 404 g/mol. The third-order valence-corrected chi connectivity index (χ3v) is 4.77. The van der Waals surface area contributed by atoms with Gasteiger partial charge in [-0.1, -0.05) is 31.5 Å². The molecule has 0 unspecified atom stereocenters. The van der Waals surface area contributed by atoms with Crippen molar-refractivity contribution in [2.75, 3.05) is 24.9 Å². The molecule has 0 aliphatic carbocycles. The Balaban J connectivity index is 2.21. The van der Waals surface area contributed by atoms with Gasteiger partial charge in [0, 0.05) is 29.3 Å². The van der Waals surface area contributed by atoms with Crippen LogP contribution in [0.25, 0.3) is 0 Å². The van der Waals surface area contributed by atoms with Crippen LogP contribution in [0.1, 0.15) is 37.0 Å². The normalized spacial score (nSPS) is 10.5. The zero-order chi connectivity index (χ0) is 20.7. The molecule has 0 aromatic heterocycles. The Morgan fingerprint density at radius 2 is 1.68 bits per heavy atom. The smallest absolute Gasteiger partial charge is 0.255 e. The van der Waals surface area contributed by atoms with Crippen LogP contribution >= 0.6 is 11.6 Å². The van der Waals surface area contributed by atoms with Crippen LogP contribution in [0.4, 0.5) is 11.4 Å². The van der Waals surface area contributed by atoms with E-state index in [1.807, 2.05) is 13.8 Å². The highest BCUT2D eigenvalue weighted by Crippen LogP contribution is 2.36.